The second-order valence-electron chi connectivity index (χ2n) is 3.60. The molecule has 2 aromatic carbocycles. The van der Waals surface area contributed by atoms with E-state index in [1.165, 1.54) is 24.3 Å². The van der Waals surface area contributed by atoms with Gasteiger partial charge in [0.2, 0.25) is 0 Å². The van der Waals surface area contributed by atoms with Crippen LogP contribution in [0.1, 0.15) is 10.4 Å². The maximum absolute atomic E-state index is 13.1. The van der Waals surface area contributed by atoms with Gasteiger partial charge in [-0.25, -0.2) is 18.0 Å². The molecule has 0 spiro atoms. The van der Waals surface area contributed by atoms with Crippen LogP contribution in [0.2, 0.25) is 0 Å². The zero-order valence-corrected chi connectivity index (χ0v) is 8.95. The minimum atomic E-state index is -1.58. The summed E-state index contributed by atoms with van der Waals surface area (Å²) in [5, 5.41) is 8.96. The van der Waals surface area contributed by atoms with E-state index in [2.05, 4.69) is 0 Å². The first kappa shape index (κ1) is 12.2. The third kappa shape index (κ3) is 2.07. The van der Waals surface area contributed by atoms with E-state index in [9.17, 15) is 18.0 Å². The highest BCUT2D eigenvalue weighted by atomic mass is 19.2. The Kier molecular flexibility index (Phi) is 3.06. The first-order chi connectivity index (χ1) is 8.50. The normalized spacial score (nSPS) is 10.4. The third-order valence-electron chi connectivity index (χ3n) is 2.45. The van der Waals surface area contributed by atoms with E-state index in [0.29, 0.717) is 0 Å². The maximum Gasteiger partial charge on any atom is 0.336 e. The van der Waals surface area contributed by atoms with Gasteiger partial charge in [-0.2, -0.15) is 0 Å². The van der Waals surface area contributed by atoms with Gasteiger partial charge >= 0.3 is 5.97 Å². The van der Waals surface area contributed by atoms with Gasteiger partial charge in [0.05, 0.1) is 5.56 Å². The molecule has 0 atom stereocenters. The molecule has 0 saturated heterocycles. The van der Waals surface area contributed by atoms with Crippen LogP contribution >= 0.6 is 0 Å². The molecule has 0 radical (unpaired) electrons. The highest BCUT2D eigenvalue weighted by molar-refractivity contribution is 5.95. The van der Waals surface area contributed by atoms with E-state index < -0.39 is 23.4 Å². The Morgan fingerprint density at radius 1 is 1.00 bits per heavy atom. The summed E-state index contributed by atoms with van der Waals surface area (Å²) in [5.41, 5.74) is -0.00453. The van der Waals surface area contributed by atoms with Crippen LogP contribution in [-0.4, -0.2) is 11.1 Å². The Morgan fingerprint density at radius 2 is 1.56 bits per heavy atom. The number of hydrogen-bond acceptors (Lipinski definition) is 1. The van der Waals surface area contributed by atoms with E-state index in [0.717, 1.165) is 12.1 Å². The van der Waals surface area contributed by atoms with Gasteiger partial charge in [0.25, 0.3) is 0 Å². The first-order valence-corrected chi connectivity index (χ1v) is 4.98. The quantitative estimate of drug-likeness (QED) is 0.831. The molecule has 18 heavy (non-hydrogen) atoms. The maximum atomic E-state index is 13.1. The lowest BCUT2D eigenvalue weighted by Gasteiger charge is -2.07. The number of carbonyl (C=O) groups is 1. The van der Waals surface area contributed by atoms with E-state index in [4.69, 9.17) is 5.11 Å². The van der Waals surface area contributed by atoms with Crippen LogP contribution in [-0.2, 0) is 0 Å². The van der Waals surface area contributed by atoms with Gasteiger partial charge < -0.3 is 5.11 Å². The summed E-state index contributed by atoms with van der Waals surface area (Å²) >= 11 is 0. The molecule has 0 aliphatic carbocycles. The minimum absolute atomic E-state index is 0.0237. The van der Waals surface area contributed by atoms with Gasteiger partial charge in [-0.15, -0.1) is 0 Å². The molecule has 0 heterocycles. The zero-order chi connectivity index (χ0) is 13.3. The summed E-state index contributed by atoms with van der Waals surface area (Å²) in [7, 11) is 0. The highest BCUT2D eigenvalue weighted by Gasteiger charge is 2.15. The molecule has 0 saturated carbocycles. The Bertz CT molecular complexity index is 600. The van der Waals surface area contributed by atoms with Gasteiger partial charge in [0.15, 0.2) is 17.5 Å². The summed E-state index contributed by atoms with van der Waals surface area (Å²) in [6, 6.07) is 7.25. The molecule has 2 nitrogen and oxygen atoms in total. The van der Waals surface area contributed by atoms with Crippen molar-refractivity contribution in [1.82, 2.24) is 0 Å². The lowest BCUT2D eigenvalue weighted by Crippen LogP contribution is -2.00. The van der Waals surface area contributed by atoms with Crippen molar-refractivity contribution < 1.29 is 23.1 Å². The number of carboxylic acid groups (broad SMARTS) is 1. The van der Waals surface area contributed by atoms with Gasteiger partial charge in [-0.3, -0.25) is 0 Å². The van der Waals surface area contributed by atoms with Gasteiger partial charge in [0.1, 0.15) is 0 Å². The van der Waals surface area contributed by atoms with Crippen LogP contribution < -0.4 is 0 Å². The molecule has 0 bridgehead atoms. The van der Waals surface area contributed by atoms with Crippen LogP contribution in [0.15, 0.2) is 36.4 Å². The Balaban J connectivity index is 2.66. The fourth-order valence-corrected chi connectivity index (χ4v) is 1.63. The molecule has 0 fully saturated rings. The smallest absolute Gasteiger partial charge is 0.336 e. The summed E-state index contributed by atoms with van der Waals surface area (Å²) in [6.45, 7) is 0. The number of benzene rings is 2. The molecular weight excluding hydrogens is 245 g/mol. The third-order valence-corrected chi connectivity index (χ3v) is 2.45. The molecule has 92 valence electrons. The number of carboxylic acids is 1. The fraction of sp³-hybridized carbons (Fsp3) is 0. The van der Waals surface area contributed by atoms with Gasteiger partial charge in [-0.05, 0) is 29.3 Å². The van der Waals surface area contributed by atoms with E-state index in [1.54, 1.807) is 0 Å². The molecule has 0 aromatic heterocycles. The van der Waals surface area contributed by atoms with Crippen molar-refractivity contribution in [3.8, 4) is 11.1 Å². The number of hydrogen-bond donors (Lipinski definition) is 1. The SMILES string of the molecule is O=C(O)c1ccccc1-c1cc(F)c(F)c(F)c1. The molecular formula is C13H7F3O2. The second-order valence-corrected chi connectivity index (χ2v) is 3.60. The summed E-state index contributed by atoms with van der Waals surface area (Å²) < 4.78 is 39.0. The van der Waals surface area contributed by atoms with Crippen molar-refractivity contribution in [2.45, 2.75) is 0 Å². The highest BCUT2D eigenvalue weighted by Crippen LogP contribution is 2.26. The van der Waals surface area contributed by atoms with Crippen molar-refractivity contribution in [2.75, 3.05) is 0 Å². The summed E-state index contributed by atoms with van der Waals surface area (Å²) in [6.07, 6.45) is 0. The standard InChI is InChI=1S/C13H7F3O2/c14-10-5-7(6-11(15)12(10)16)8-3-1-2-4-9(8)13(17)18/h1-6H,(H,17,18). The van der Waals surface area contributed by atoms with Crippen molar-refractivity contribution in [1.29, 1.82) is 0 Å². The van der Waals surface area contributed by atoms with Gasteiger partial charge in [-0.1, -0.05) is 18.2 Å². The Morgan fingerprint density at radius 3 is 2.11 bits per heavy atom. The molecule has 0 unspecified atom stereocenters. The van der Waals surface area contributed by atoms with E-state index >= 15 is 0 Å². The predicted octanol–water partition coefficient (Wildman–Crippen LogP) is 3.47. The van der Waals surface area contributed by atoms with E-state index in [1.807, 2.05) is 0 Å². The molecule has 1 N–H and O–H groups in total. The molecule has 0 aliphatic rings. The van der Waals surface area contributed by atoms with Gasteiger partial charge in [0, 0.05) is 0 Å². The first-order valence-electron chi connectivity index (χ1n) is 4.98. The lowest BCUT2D eigenvalue weighted by molar-refractivity contribution is 0.0697. The zero-order valence-electron chi connectivity index (χ0n) is 8.95. The monoisotopic (exact) mass is 252 g/mol. The van der Waals surface area contributed by atoms with Crippen LogP contribution in [0.5, 0.6) is 0 Å². The van der Waals surface area contributed by atoms with Crippen LogP contribution in [0, 0.1) is 17.5 Å². The lowest BCUT2D eigenvalue weighted by atomic mass is 9.99. The van der Waals surface area contributed by atoms with Crippen molar-refractivity contribution >= 4 is 5.97 Å². The van der Waals surface area contributed by atoms with Crippen molar-refractivity contribution in [3.05, 3.63) is 59.4 Å². The topological polar surface area (TPSA) is 37.3 Å². The van der Waals surface area contributed by atoms with Crippen molar-refractivity contribution in [3.63, 3.8) is 0 Å². The van der Waals surface area contributed by atoms with Crippen LogP contribution in [0.25, 0.3) is 11.1 Å². The summed E-state index contributed by atoms with van der Waals surface area (Å²) in [5.74, 6) is -5.52. The summed E-state index contributed by atoms with van der Waals surface area (Å²) in [4.78, 5) is 11.0. The number of halogens is 3. The average Bonchev–Trinajstić information content (AvgIpc) is 2.35. The average molecular weight is 252 g/mol. The number of rotatable bonds is 2. The minimum Gasteiger partial charge on any atom is -0.478 e. The molecule has 2 rings (SSSR count). The molecule has 0 aliphatic heterocycles. The molecule has 5 heteroatoms. The predicted molar refractivity (Wildman–Crippen MR) is 58.7 cm³/mol. The molecule has 0 amide bonds. The number of aromatic carboxylic acids is 1. The molecule has 2 aromatic rings. The fourth-order valence-electron chi connectivity index (χ4n) is 1.63. The van der Waals surface area contributed by atoms with Crippen molar-refractivity contribution in [2.24, 2.45) is 0 Å². The second kappa shape index (κ2) is 4.52. The largest absolute Gasteiger partial charge is 0.478 e. The van der Waals surface area contributed by atoms with Crippen LogP contribution in [0.4, 0.5) is 13.2 Å². The van der Waals surface area contributed by atoms with Crippen LogP contribution in [0.3, 0.4) is 0 Å². The Hall–Kier alpha value is -2.30. The van der Waals surface area contributed by atoms with E-state index in [-0.39, 0.29) is 16.7 Å². The Labute approximate surface area is 100 Å².